The Morgan fingerprint density at radius 2 is 2.16 bits per heavy atom. The largest absolute Gasteiger partial charge is 0.481 e. The topological polar surface area (TPSA) is 66.8 Å². The summed E-state index contributed by atoms with van der Waals surface area (Å²) >= 11 is 1.41. The molecule has 0 bridgehead atoms. The van der Waals surface area contributed by atoms with Gasteiger partial charge in [-0.2, -0.15) is 0 Å². The molecule has 1 amide bonds. The van der Waals surface area contributed by atoms with Crippen molar-refractivity contribution in [2.75, 3.05) is 20.2 Å². The Kier molecular flexibility index (Phi) is 4.55. The molecule has 0 radical (unpaired) electrons. The Bertz CT molecular complexity index is 463. The van der Waals surface area contributed by atoms with Crippen LogP contribution in [-0.2, 0) is 16.1 Å². The Balaban J connectivity index is 2.01. The van der Waals surface area contributed by atoms with Crippen molar-refractivity contribution in [3.05, 3.63) is 21.9 Å². The van der Waals surface area contributed by atoms with E-state index < -0.39 is 5.97 Å². The maximum atomic E-state index is 12.4. The molecule has 0 aliphatic carbocycles. The van der Waals surface area contributed by atoms with Crippen molar-refractivity contribution in [3.8, 4) is 0 Å². The van der Waals surface area contributed by atoms with Crippen LogP contribution in [-0.4, -0.2) is 42.1 Å². The number of piperidine rings is 1. The van der Waals surface area contributed by atoms with E-state index in [1.54, 1.807) is 12.0 Å². The first-order chi connectivity index (χ1) is 9.13. The van der Waals surface area contributed by atoms with Gasteiger partial charge in [0.05, 0.1) is 17.4 Å². The molecule has 1 saturated heterocycles. The van der Waals surface area contributed by atoms with Crippen LogP contribution in [0.15, 0.2) is 11.4 Å². The lowest BCUT2D eigenvalue weighted by Gasteiger charge is -2.30. The molecule has 1 fully saturated rings. The van der Waals surface area contributed by atoms with Gasteiger partial charge in [-0.05, 0) is 24.3 Å². The number of ether oxygens (including phenoxy) is 1. The van der Waals surface area contributed by atoms with Crippen LogP contribution in [0.3, 0.4) is 0 Å². The standard InChI is InChI=1S/C13H17NO4S/c1-18-8-10-4-7-19-11(10)12(15)14-5-2-9(3-6-14)13(16)17/h4,7,9H,2-3,5-6,8H2,1H3,(H,16,17). The average molecular weight is 283 g/mol. The summed E-state index contributed by atoms with van der Waals surface area (Å²) in [6.45, 7) is 1.45. The fraction of sp³-hybridized carbons (Fsp3) is 0.538. The van der Waals surface area contributed by atoms with Crippen LogP contribution in [0, 0.1) is 5.92 Å². The number of hydrogen-bond acceptors (Lipinski definition) is 4. The number of carbonyl (C=O) groups is 2. The molecule has 104 valence electrons. The van der Waals surface area contributed by atoms with Crippen LogP contribution >= 0.6 is 11.3 Å². The molecular formula is C13H17NO4S. The lowest BCUT2D eigenvalue weighted by Crippen LogP contribution is -2.40. The van der Waals surface area contributed by atoms with E-state index in [1.165, 1.54) is 11.3 Å². The third-order valence-corrected chi connectivity index (χ3v) is 4.32. The highest BCUT2D eigenvalue weighted by Gasteiger charge is 2.28. The zero-order valence-corrected chi connectivity index (χ0v) is 11.6. The lowest BCUT2D eigenvalue weighted by atomic mass is 9.97. The van der Waals surface area contributed by atoms with E-state index in [0.29, 0.717) is 37.4 Å². The Morgan fingerprint density at radius 3 is 2.74 bits per heavy atom. The Hall–Kier alpha value is -1.40. The number of aliphatic carboxylic acids is 1. The molecule has 1 aliphatic heterocycles. The molecule has 0 saturated carbocycles. The first kappa shape index (κ1) is 14.0. The van der Waals surface area contributed by atoms with Crippen molar-refractivity contribution >= 4 is 23.2 Å². The highest BCUT2D eigenvalue weighted by atomic mass is 32.1. The number of carbonyl (C=O) groups excluding carboxylic acids is 1. The summed E-state index contributed by atoms with van der Waals surface area (Å²) in [5, 5.41) is 10.8. The summed E-state index contributed by atoms with van der Waals surface area (Å²) in [6, 6.07) is 1.89. The van der Waals surface area contributed by atoms with Crippen LogP contribution in [0.5, 0.6) is 0 Å². The van der Waals surface area contributed by atoms with Crippen LogP contribution in [0.25, 0.3) is 0 Å². The number of hydrogen-bond donors (Lipinski definition) is 1. The molecule has 0 spiro atoms. The monoisotopic (exact) mass is 283 g/mol. The molecule has 1 aromatic heterocycles. The molecule has 19 heavy (non-hydrogen) atoms. The number of methoxy groups -OCH3 is 1. The van der Waals surface area contributed by atoms with Gasteiger partial charge in [-0.1, -0.05) is 0 Å². The van der Waals surface area contributed by atoms with E-state index in [0.717, 1.165) is 5.56 Å². The summed E-state index contributed by atoms with van der Waals surface area (Å²) in [4.78, 5) is 25.7. The van der Waals surface area contributed by atoms with Crippen LogP contribution in [0.4, 0.5) is 0 Å². The second-order valence-electron chi connectivity index (χ2n) is 4.61. The maximum absolute atomic E-state index is 12.4. The molecule has 5 nitrogen and oxygen atoms in total. The van der Waals surface area contributed by atoms with Crippen LogP contribution in [0.1, 0.15) is 28.1 Å². The van der Waals surface area contributed by atoms with E-state index in [4.69, 9.17) is 9.84 Å². The van der Waals surface area contributed by atoms with E-state index in [-0.39, 0.29) is 11.8 Å². The van der Waals surface area contributed by atoms with Gasteiger partial charge in [0.15, 0.2) is 0 Å². The van der Waals surface area contributed by atoms with Gasteiger partial charge in [0, 0.05) is 25.8 Å². The highest BCUT2D eigenvalue weighted by molar-refractivity contribution is 7.12. The summed E-state index contributed by atoms with van der Waals surface area (Å²) in [5.74, 6) is -1.08. The SMILES string of the molecule is COCc1ccsc1C(=O)N1CCC(C(=O)O)CC1. The van der Waals surface area contributed by atoms with Gasteiger partial charge in [0.1, 0.15) is 0 Å². The maximum Gasteiger partial charge on any atom is 0.306 e. The van der Waals surface area contributed by atoms with Crippen molar-refractivity contribution in [1.29, 1.82) is 0 Å². The number of likely N-dealkylation sites (tertiary alicyclic amines) is 1. The highest BCUT2D eigenvalue weighted by Crippen LogP contribution is 2.23. The van der Waals surface area contributed by atoms with Gasteiger partial charge >= 0.3 is 5.97 Å². The zero-order valence-electron chi connectivity index (χ0n) is 10.8. The lowest BCUT2D eigenvalue weighted by molar-refractivity contribution is -0.143. The quantitative estimate of drug-likeness (QED) is 0.915. The van der Waals surface area contributed by atoms with Gasteiger partial charge in [-0.3, -0.25) is 9.59 Å². The van der Waals surface area contributed by atoms with Crippen molar-refractivity contribution in [1.82, 2.24) is 4.90 Å². The van der Waals surface area contributed by atoms with Crippen molar-refractivity contribution < 1.29 is 19.4 Å². The van der Waals surface area contributed by atoms with Crippen molar-refractivity contribution in [2.24, 2.45) is 5.92 Å². The average Bonchev–Trinajstić information content (AvgIpc) is 2.87. The van der Waals surface area contributed by atoms with Crippen molar-refractivity contribution in [2.45, 2.75) is 19.4 Å². The van der Waals surface area contributed by atoms with E-state index in [1.807, 2.05) is 11.4 Å². The number of thiophene rings is 1. The fourth-order valence-corrected chi connectivity index (χ4v) is 3.14. The third-order valence-electron chi connectivity index (χ3n) is 3.37. The molecule has 1 aliphatic rings. The van der Waals surface area contributed by atoms with Gasteiger partial charge in [-0.15, -0.1) is 11.3 Å². The van der Waals surface area contributed by atoms with Crippen LogP contribution < -0.4 is 0 Å². The zero-order chi connectivity index (χ0) is 13.8. The van der Waals surface area contributed by atoms with Crippen LogP contribution in [0.2, 0.25) is 0 Å². The molecule has 0 unspecified atom stereocenters. The van der Waals surface area contributed by atoms with Gasteiger partial charge in [-0.25, -0.2) is 0 Å². The number of nitrogens with zero attached hydrogens (tertiary/aromatic N) is 1. The van der Waals surface area contributed by atoms with Crippen molar-refractivity contribution in [3.63, 3.8) is 0 Å². The molecule has 6 heteroatoms. The van der Waals surface area contributed by atoms with E-state index >= 15 is 0 Å². The van der Waals surface area contributed by atoms with Gasteiger partial charge in [0.2, 0.25) is 0 Å². The second kappa shape index (κ2) is 6.16. The molecule has 2 rings (SSSR count). The summed E-state index contributed by atoms with van der Waals surface area (Å²) in [5.41, 5.74) is 0.901. The van der Waals surface area contributed by atoms with Gasteiger partial charge < -0.3 is 14.7 Å². The normalized spacial score (nSPS) is 16.6. The third kappa shape index (κ3) is 3.13. The predicted octanol–water partition coefficient (Wildman–Crippen LogP) is 1.83. The number of carboxylic acids is 1. The minimum Gasteiger partial charge on any atom is -0.481 e. The summed E-state index contributed by atoms with van der Waals surface area (Å²) in [7, 11) is 1.60. The predicted molar refractivity (Wildman–Crippen MR) is 71.3 cm³/mol. The molecule has 1 aromatic rings. The smallest absolute Gasteiger partial charge is 0.306 e. The van der Waals surface area contributed by atoms with E-state index in [2.05, 4.69) is 0 Å². The molecule has 2 heterocycles. The number of amides is 1. The Labute approximate surface area is 115 Å². The minimum atomic E-state index is -0.761. The fourth-order valence-electron chi connectivity index (χ4n) is 2.27. The summed E-state index contributed by atoms with van der Waals surface area (Å²) < 4.78 is 5.07. The first-order valence-electron chi connectivity index (χ1n) is 6.21. The second-order valence-corrected chi connectivity index (χ2v) is 5.53. The molecule has 1 N–H and O–H groups in total. The molecule has 0 aromatic carbocycles. The first-order valence-corrected chi connectivity index (χ1v) is 7.09. The van der Waals surface area contributed by atoms with E-state index in [9.17, 15) is 9.59 Å². The minimum absolute atomic E-state index is 0.00844. The summed E-state index contributed by atoms with van der Waals surface area (Å²) in [6.07, 6.45) is 1.07. The Morgan fingerprint density at radius 1 is 1.47 bits per heavy atom. The number of carboxylic acid groups (broad SMARTS) is 1. The van der Waals surface area contributed by atoms with Gasteiger partial charge in [0.25, 0.3) is 5.91 Å². The number of rotatable bonds is 4. The molecular weight excluding hydrogens is 266 g/mol. The molecule has 0 atom stereocenters.